The van der Waals surface area contributed by atoms with Crippen molar-refractivity contribution < 1.29 is 9.59 Å². The van der Waals surface area contributed by atoms with Gasteiger partial charge in [-0.15, -0.1) is 0 Å². The number of carbonyl (C=O) groups is 2. The summed E-state index contributed by atoms with van der Waals surface area (Å²) in [4.78, 5) is 31.2. The van der Waals surface area contributed by atoms with Crippen LogP contribution < -0.4 is 5.32 Å². The van der Waals surface area contributed by atoms with E-state index in [9.17, 15) is 9.59 Å². The van der Waals surface area contributed by atoms with E-state index in [2.05, 4.69) is 40.2 Å². The lowest BCUT2D eigenvalue weighted by Gasteiger charge is -2.41. The van der Waals surface area contributed by atoms with Crippen molar-refractivity contribution in [3.05, 3.63) is 72.2 Å². The first-order valence-corrected chi connectivity index (χ1v) is 10.7. The van der Waals surface area contributed by atoms with Gasteiger partial charge in [0.2, 0.25) is 11.8 Å². The number of amides is 2. The molecular formula is C24H26N4O2. The molecule has 1 aromatic carbocycles. The molecule has 2 aliphatic rings. The van der Waals surface area contributed by atoms with Gasteiger partial charge >= 0.3 is 0 Å². The number of hydrogen-bond acceptors (Lipinski definition) is 3. The quantitative estimate of drug-likeness (QED) is 0.730. The number of fused-ring (bicyclic) bond motifs is 1. The van der Waals surface area contributed by atoms with E-state index in [1.54, 1.807) is 0 Å². The maximum absolute atomic E-state index is 12.8. The van der Waals surface area contributed by atoms with E-state index in [0.29, 0.717) is 25.9 Å². The number of hydrogen-bond donors (Lipinski definition) is 1. The molecule has 5 rings (SSSR count). The Morgan fingerprint density at radius 1 is 1.10 bits per heavy atom. The van der Waals surface area contributed by atoms with Crippen LogP contribution in [0.25, 0.3) is 5.65 Å². The Kier molecular flexibility index (Phi) is 4.77. The molecule has 3 aromatic rings. The molecule has 1 atom stereocenters. The molecule has 2 aliphatic heterocycles. The summed E-state index contributed by atoms with van der Waals surface area (Å²) in [5.41, 5.74) is 3.06. The highest BCUT2D eigenvalue weighted by atomic mass is 16.2. The van der Waals surface area contributed by atoms with E-state index in [0.717, 1.165) is 30.6 Å². The van der Waals surface area contributed by atoms with Crippen LogP contribution in [0.2, 0.25) is 0 Å². The first kappa shape index (κ1) is 18.9. The van der Waals surface area contributed by atoms with Crippen molar-refractivity contribution in [3.8, 4) is 0 Å². The topological polar surface area (TPSA) is 66.7 Å². The minimum Gasteiger partial charge on any atom is -0.353 e. The van der Waals surface area contributed by atoms with Crippen LogP contribution in [0.4, 0.5) is 0 Å². The van der Waals surface area contributed by atoms with Crippen molar-refractivity contribution in [1.29, 1.82) is 0 Å². The van der Waals surface area contributed by atoms with Gasteiger partial charge in [-0.1, -0.05) is 36.4 Å². The number of nitrogens with zero attached hydrogens (tertiary/aromatic N) is 3. The van der Waals surface area contributed by atoms with Crippen LogP contribution in [0.1, 0.15) is 43.4 Å². The number of imidazole rings is 1. The summed E-state index contributed by atoms with van der Waals surface area (Å²) in [7, 11) is 0. The number of piperidine rings is 1. The standard InChI is InChI=1S/C24H26N4O2/c29-22-10-9-19(25-22)16-23(30)27-14-11-24(12-15-27,18-6-2-1-3-7-18)20-17-28-13-5-4-8-21(28)26-20/h1-8,13,17,19H,9-12,14-16H2,(H,25,29)/t19-/m1/s1. The molecule has 154 valence electrons. The van der Waals surface area contributed by atoms with Gasteiger partial charge < -0.3 is 14.6 Å². The molecule has 2 amide bonds. The van der Waals surface area contributed by atoms with E-state index in [4.69, 9.17) is 4.98 Å². The van der Waals surface area contributed by atoms with Crippen molar-refractivity contribution in [3.63, 3.8) is 0 Å². The zero-order valence-electron chi connectivity index (χ0n) is 17.0. The third kappa shape index (κ3) is 3.36. The molecule has 2 fully saturated rings. The molecule has 0 aliphatic carbocycles. The lowest BCUT2D eigenvalue weighted by Crippen LogP contribution is -2.47. The monoisotopic (exact) mass is 402 g/mol. The van der Waals surface area contributed by atoms with Gasteiger partial charge in [-0.2, -0.15) is 0 Å². The van der Waals surface area contributed by atoms with Gasteiger partial charge in [-0.3, -0.25) is 9.59 Å². The lowest BCUT2D eigenvalue weighted by molar-refractivity contribution is -0.133. The first-order chi connectivity index (χ1) is 14.6. The van der Waals surface area contributed by atoms with E-state index >= 15 is 0 Å². The highest BCUT2D eigenvalue weighted by Gasteiger charge is 2.41. The summed E-state index contributed by atoms with van der Waals surface area (Å²) in [6, 6.07) is 16.6. The van der Waals surface area contributed by atoms with Crippen molar-refractivity contribution in [2.45, 2.75) is 43.6 Å². The third-order valence-electron chi connectivity index (χ3n) is 6.66. The average molecular weight is 402 g/mol. The Hall–Kier alpha value is -3.15. The maximum Gasteiger partial charge on any atom is 0.224 e. The Morgan fingerprint density at radius 3 is 2.57 bits per heavy atom. The second-order valence-corrected chi connectivity index (χ2v) is 8.43. The Morgan fingerprint density at radius 2 is 1.87 bits per heavy atom. The molecule has 2 aromatic heterocycles. The minimum atomic E-state index is -0.203. The molecule has 1 N–H and O–H groups in total. The number of likely N-dealkylation sites (tertiary alicyclic amines) is 1. The summed E-state index contributed by atoms with van der Waals surface area (Å²) in [5.74, 6) is 0.195. The number of aromatic nitrogens is 2. The molecule has 0 saturated carbocycles. The summed E-state index contributed by atoms with van der Waals surface area (Å²) in [5, 5.41) is 2.91. The Labute approximate surface area is 175 Å². The molecule has 0 spiro atoms. The molecule has 0 unspecified atom stereocenters. The normalized spacial score (nSPS) is 21.0. The van der Waals surface area contributed by atoms with Crippen LogP contribution in [0, 0.1) is 0 Å². The molecule has 0 bridgehead atoms. The summed E-state index contributed by atoms with van der Waals surface area (Å²) in [6.45, 7) is 1.39. The third-order valence-corrected chi connectivity index (χ3v) is 6.66. The zero-order chi connectivity index (χ0) is 20.6. The van der Waals surface area contributed by atoms with Gasteiger partial charge in [0.1, 0.15) is 5.65 Å². The summed E-state index contributed by atoms with van der Waals surface area (Å²) < 4.78 is 2.07. The summed E-state index contributed by atoms with van der Waals surface area (Å²) >= 11 is 0. The van der Waals surface area contributed by atoms with Crippen molar-refractivity contribution >= 4 is 17.5 Å². The fraction of sp³-hybridized carbons (Fsp3) is 0.375. The van der Waals surface area contributed by atoms with E-state index in [1.807, 2.05) is 35.4 Å². The zero-order valence-corrected chi connectivity index (χ0v) is 17.0. The van der Waals surface area contributed by atoms with Crippen molar-refractivity contribution in [1.82, 2.24) is 19.6 Å². The molecule has 2 saturated heterocycles. The molecule has 30 heavy (non-hydrogen) atoms. The van der Waals surface area contributed by atoms with Crippen molar-refractivity contribution in [2.24, 2.45) is 0 Å². The van der Waals surface area contributed by atoms with E-state index in [1.165, 1.54) is 5.56 Å². The Bertz CT molecular complexity index is 1030. The number of carbonyl (C=O) groups excluding carboxylic acids is 2. The molecule has 4 heterocycles. The van der Waals surface area contributed by atoms with Gasteiger partial charge in [-0.25, -0.2) is 4.98 Å². The maximum atomic E-state index is 12.8. The SMILES string of the molecule is O=C1CC[C@H](CC(=O)N2CCC(c3ccccc3)(c3cn4ccccc4n3)CC2)N1. The van der Waals surface area contributed by atoms with Crippen LogP contribution in [0.5, 0.6) is 0 Å². The van der Waals surface area contributed by atoms with Gasteiger partial charge in [0.25, 0.3) is 0 Å². The van der Waals surface area contributed by atoms with Gasteiger partial charge in [-0.05, 0) is 37.0 Å². The molecule has 6 heteroatoms. The second-order valence-electron chi connectivity index (χ2n) is 8.43. The van der Waals surface area contributed by atoms with Crippen LogP contribution >= 0.6 is 0 Å². The van der Waals surface area contributed by atoms with Gasteiger partial charge in [0, 0.05) is 49.8 Å². The number of rotatable bonds is 4. The summed E-state index contributed by atoms with van der Waals surface area (Å²) in [6.07, 6.45) is 7.52. The molecule has 0 radical (unpaired) electrons. The lowest BCUT2D eigenvalue weighted by atomic mass is 9.70. The average Bonchev–Trinajstić information content (AvgIpc) is 3.40. The van der Waals surface area contributed by atoms with Gasteiger partial charge in [0.05, 0.1) is 5.69 Å². The minimum absolute atomic E-state index is 0.00996. The predicted molar refractivity (Wildman–Crippen MR) is 114 cm³/mol. The fourth-order valence-electron chi connectivity index (χ4n) is 4.92. The number of benzene rings is 1. The van der Waals surface area contributed by atoms with Crippen LogP contribution in [-0.4, -0.2) is 45.2 Å². The Balaban J connectivity index is 1.39. The number of nitrogens with one attached hydrogen (secondary N) is 1. The fourth-order valence-corrected chi connectivity index (χ4v) is 4.92. The van der Waals surface area contributed by atoms with E-state index < -0.39 is 0 Å². The predicted octanol–water partition coefficient (Wildman–Crippen LogP) is 2.91. The van der Waals surface area contributed by atoms with Crippen LogP contribution in [0.15, 0.2) is 60.9 Å². The largest absolute Gasteiger partial charge is 0.353 e. The smallest absolute Gasteiger partial charge is 0.224 e. The van der Waals surface area contributed by atoms with Crippen LogP contribution in [-0.2, 0) is 15.0 Å². The number of pyridine rings is 1. The highest BCUT2D eigenvalue weighted by molar-refractivity contribution is 5.82. The van der Waals surface area contributed by atoms with Crippen molar-refractivity contribution in [2.75, 3.05) is 13.1 Å². The van der Waals surface area contributed by atoms with E-state index in [-0.39, 0.29) is 23.3 Å². The molecular weight excluding hydrogens is 376 g/mol. The second kappa shape index (κ2) is 7.59. The van der Waals surface area contributed by atoms with Crippen LogP contribution in [0.3, 0.4) is 0 Å². The molecule has 6 nitrogen and oxygen atoms in total. The highest BCUT2D eigenvalue weighted by Crippen LogP contribution is 2.41. The first-order valence-electron chi connectivity index (χ1n) is 10.7. The van der Waals surface area contributed by atoms with Gasteiger partial charge in [0.15, 0.2) is 0 Å².